The van der Waals surface area contributed by atoms with Gasteiger partial charge < -0.3 is 14.2 Å². The molecule has 1 atom stereocenters. The maximum Gasteiger partial charge on any atom is 0.243 e. The first-order chi connectivity index (χ1) is 12.6. The van der Waals surface area contributed by atoms with Crippen LogP contribution in [0.1, 0.15) is 23.5 Å². The Morgan fingerprint density at radius 3 is 2.73 bits per heavy atom. The van der Waals surface area contributed by atoms with Gasteiger partial charge in [-0.05, 0) is 53.8 Å². The Hall–Kier alpha value is -2.25. The van der Waals surface area contributed by atoms with Crippen molar-refractivity contribution < 1.29 is 22.6 Å². The zero-order valence-corrected chi connectivity index (χ0v) is 15.0. The molecule has 3 heterocycles. The predicted octanol–water partition coefficient (Wildman–Crippen LogP) is 2.53. The van der Waals surface area contributed by atoms with E-state index >= 15 is 0 Å². The fraction of sp³-hybridized carbons (Fsp3) is 0.368. The highest BCUT2D eigenvalue weighted by atomic mass is 32.2. The molecule has 0 N–H and O–H groups in total. The van der Waals surface area contributed by atoms with Gasteiger partial charge in [-0.3, -0.25) is 0 Å². The molecule has 5 rings (SSSR count). The summed E-state index contributed by atoms with van der Waals surface area (Å²) in [7, 11) is -3.49. The van der Waals surface area contributed by atoms with Crippen molar-refractivity contribution in [3.05, 3.63) is 47.5 Å². The Morgan fingerprint density at radius 1 is 0.962 bits per heavy atom. The summed E-state index contributed by atoms with van der Waals surface area (Å²) in [4.78, 5) is 0.355. The Balaban J connectivity index is 1.38. The third-order valence-corrected chi connectivity index (χ3v) is 7.18. The fourth-order valence-corrected chi connectivity index (χ4v) is 5.41. The number of nitrogens with zero attached hydrogens (tertiary/aromatic N) is 1. The van der Waals surface area contributed by atoms with E-state index in [9.17, 15) is 8.42 Å². The van der Waals surface area contributed by atoms with Gasteiger partial charge in [-0.1, -0.05) is 6.07 Å². The minimum atomic E-state index is -3.49. The summed E-state index contributed by atoms with van der Waals surface area (Å²) < 4.78 is 43.9. The summed E-state index contributed by atoms with van der Waals surface area (Å²) in [6, 6.07) is 11.0. The van der Waals surface area contributed by atoms with E-state index in [4.69, 9.17) is 14.2 Å². The smallest absolute Gasteiger partial charge is 0.243 e. The van der Waals surface area contributed by atoms with Crippen molar-refractivity contribution in [2.75, 3.05) is 26.5 Å². The summed E-state index contributed by atoms with van der Waals surface area (Å²) >= 11 is 0. The Bertz CT molecular complexity index is 972. The van der Waals surface area contributed by atoms with Gasteiger partial charge in [0.15, 0.2) is 11.5 Å². The third-order valence-electron chi connectivity index (χ3n) is 5.32. The molecule has 0 bridgehead atoms. The largest absolute Gasteiger partial charge is 0.493 e. The average Bonchev–Trinajstić information content (AvgIpc) is 3.39. The Kier molecular flexibility index (Phi) is 3.62. The van der Waals surface area contributed by atoms with Crippen molar-refractivity contribution in [3.8, 4) is 17.2 Å². The molecule has 1 fully saturated rings. The van der Waals surface area contributed by atoms with Crippen LogP contribution in [0.2, 0.25) is 0 Å². The summed E-state index contributed by atoms with van der Waals surface area (Å²) in [6.07, 6.45) is 1.56. The van der Waals surface area contributed by atoms with Gasteiger partial charge in [-0.2, -0.15) is 4.31 Å². The van der Waals surface area contributed by atoms with Crippen molar-refractivity contribution in [2.45, 2.75) is 23.7 Å². The summed E-state index contributed by atoms with van der Waals surface area (Å²) in [5.74, 6) is 2.44. The van der Waals surface area contributed by atoms with Gasteiger partial charge >= 0.3 is 0 Å². The molecule has 2 aromatic carbocycles. The summed E-state index contributed by atoms with van der Waals surface area (Å²) in [5.41, 5.74) is 2.06. The molecule has 0 aromatic heterocycles. The molecular formula is C19H19NO5S. The van der Waals surface area contributed by atoms with E-state index in [0.29, 0.717) is 24.6 Å². The lowest BCUT2D eigenvalue weighted by molar-refractivity contribution is 0.174. The second-order valence-electron chi connectivity index (χ2n) is 6.83. The van der Waals surface area contributed by atoms with Gasteiger partial charge in [-0.15, -0.1) is 0 Å². The Labute approximate surface area is 152 Å². The lowest BCUT2D eigenvalue weighted by Crippen LogP contribution is -2.28. The zero-order chi connectivity index (χ0) is 17.7. The minimum Gasteiger partial charge on any atom is -0.493 e. The molecule has 3 aliphatic rings. The second kappa shape index (κ2) is 5.89. The van der Waals surface area contributed by atoms with Crippen LogP contribution >= 0.6 is 0 Å². The molecular weight excluding hydrogens is 354 g/mol. The van der Waals surface area contributed by atoms with E-state index in [1.54, 1.807) is 22.5 Å². The molecule has 1 saturated heterocycles. The first-order valence-electron chi connectivity index (χ1n) is 8.77. The molecule has 0 aliphatic carbocycles. The molecule has 3 aliphatic heterocycles. The maximum absolute atomic E-state index is 13.0. The fourth-order valence-electron chi connectivity index (χ4n) is 3.86. The van der Waals surface area contributed by atoms with Crippen LogP contribution in [-0.4, -0.2) is 39.2 Å². The lowest BCUT2D eigenvalue weighted by Gasteiger charge is -2.17. The van der Waals surface area contributed by atoms with Crippen LogP contribution in [0, 0.1) is 0 Å². The summed E-state index contributed by atoms with van der Waals surface area (Å²) in [6.45, 7) is 1.87. The first kappa shape index (κ1) is 16.0. The first-order valence-corrected chi connectivity index (χ1v) is 10.2. The van der Waals surface area contributed by atoms with Gasteiger partial charge in [0.2, 0.25) is 16.8 Å². The number of sulfonamides is 1. The van der Waals surface area contributed by atoms with Crippen LogP contribution in [0.5, 0.6) is 17.2 Å². The minimum absolute atomic E-state index is 0.164. The van der Waals surface area contributed by atoms with Crippen LogP contribution < -0.4 is 14.2 Å². The highest BCUT2D eigenvalue weighted by Gasteiger charge is 2.34. The Morgan fingerprint density at radius 2 is 1.81 bits per heavy atom. The molecule has 0 unspecified atom stereocenters. The molecule has 0 spiro atoms. The second-order valence-corrected chi connectivity index (χ2v) is 8.77. The molecule has 0 radical (unpaired) electrons. The number of fused-ring (bicyclic) bond motifs is 2. The van der Waals surface area contributed by atoms with Crippen molar-refractivity contribution >= 4 is 10.0 Å². The monoisotopic (exact) mass is 373 g/mol. The quantitative estimate of drug-likeness (QED) is 0.827. The van der Waals surface area contributed by atoms with Gasteiger partial charge in [0.05, 0.1) is 11.5 Å². The predicted molar refractivity (Wildman–Crippen MR) is 94.3 cm³/mol. The number of hydrogen-bond acceptors (Lipinski definition) is 5. The topological polar surface area (TPSA) is 65.1 Å². The van der Waals surface area contributed by atoms with Crippen LogP contribution in [0.25, 0.3) is 0 Å². The summed E-state index contributed by atoms with van der Waals surface area (Å²) in [5, 5.41) is 0. The number of rotatable bonds is 3. The molecule has 26 heavy (non-hydrogen) atoms. The van der Waals surface area contributed by atoms with Crippen LogP contribution in [0.4, 0.5) is 0 Å². The van der Waals surface area contributed by atoms with Crippen LogP contribution in [0.15, 0.2) is 41.3 Å². The van der Waals surface area contributed by atoms with Gasteiger partial charge in [0.1, 0.15) is 5.75 Å². The number of ether oxygens (including phenoxy) is 3. The van der Waals surface area contributed by atoms with E-state index in [1.165, 1.54) is 0 Å². The van der Waals surface area contributed by atoms with E-state index in [0.717, 1.165) is 41.2 Å². The molecule has 7 heteroatoms. The molecule has 6 nitrogen and oxygen atoms in total. The molecule has 0 amide bonds. The number of benzene rings is 2. The standard InChI is InChI=1S/C19H19NO5S/c21-26(22,16-2-4-17-14(9-16)6-8-23-17)20-7-5-15(11-20)13-1-3-18-19(10-13)25-12-24-18/h1-4,9-10,15H,5-8,11-12H2/t15-/m1/s1. The van der Waals surface area contributed by atoms with Crippen LogP contribution in [0.3, 0.4) is 0 Å². The van der Waals surface area contributed by atoms with Crippen molar-refractivity contribution in [1.29, 1.82) is 0 Å². The zero-order valence-electron chi connectivity index (χ0n) is 14.2. The van der Waals surface area contributed by atoms with Gasteiger partial charge in [0.25, 0.3) is 0 Å². The van der Waals surface area contributed by atoms with Crippen molar-refractivity contribution in [2.24, 2.45) is 0 Å². The highest BCUT2D eigenvalue weighted by Crippen LogP contribution is 2.38. The van der Waals surface area contributed by atoms with E-state index in [2.05, 4.69) is 0 Å². The normalized spacial score (nSPS) is 21.6. The van der Waals surface area contributed by atoms with E-state index in [-0.39, 0.29) is 12.7 Å². The van der Waals surface area contributed by atoms with Gasteiger partial charge in [-0.25, -0.2) is 8.42 Å². The molecule has 136 valence electrons. The highest BCUT2D eigenvalue weighted by molar-refractivity contribution is 7.89. The van der Waals surface area contributed by atoms with Crippen molar-refractivity contribution in [1.82, 2.24) is 4.31 Å². The average molecular weight is 373 g/mol. The van der Waals surface area contributed by atoms with Gasteiger partial charge in [0, 0.05) is 19.5 Å². The SMILES string of the molecule is O=S(=O)(c1ccc2c(c1)CCO2)N1CC[C@@H](c2ccc3c(c2)OCO3)C1. The van der Waals surface area contributed by atoms with E-state index in [1.807, 2.05) is 18.2 Å². The lowest BCUT2D eigenvalue weighted by atomic mass is 9.98. The number of hydrogen-bond donors (Lipinski definition) is 0. The molecule has 2 aromatic rings. The molecule has 0 saturated carbocycles. The van der Waals surface area contributed by atoms with E-state index < -0.39 is 10.0 Å². The maximum atomic E-state index is 13.0. The van der Waals surface area contributed by atoms with Crippen LogP contribution in [-0.2, 0) is 16.4 Å². The van der Waals surface area contributed by atoms with Crippen molar-refractivity contribution in [3.63, 3.8) is 0 Å². The third kappa shape index (κ3) is 2.54.